The average molecular weight is 223 g/mol. The molecule has 0 saturated carbocycles. The van der Waals surface area contributed by atoms with E-state index in [1.165, 1.54) is 12.7 Å². The summed E-state index contributed by atoms with van der Waals surface area (Å²) in [5.74, 6) is 1.63. The van der Waals surface area contributed by atoms with Gasteiger partial charge in [-0.1, -0.05) is 0 Å². The van der Waals surface area contributed by atoms with Crippen molar-refractivity contribution in [2.75, 3.05) is 9.62 Å². The van der Waals surface area contributed by atoms with Gasteiger partial charge in [0.15, 0.2) is 0 Å². The normalized spacial score (nSPS) is 13.9. The SMILES string of the molecule is [B]1N(c2ccncn2)C=CN1c1ccncn1. The Morgan fingerprint density at radius 3 is 1.76 bits per heavy atom. The summed E-state index contributed by atoms with van der Waals surface area (Å²) >= 11 is 0. The summed E-state index contributed by atoms with van der Waals surface area (Å²) in [5.41, 5.74) is 0. The first-order chi connectivity index (χ1) is 8.43. The zero-order chi connectivity index (χ0) is 11.5. The predicted molar refractivity (Wildman–Crippen MR) is 63.9 cm³/mol. The summed E-state index contributed by atoms with van der Waals surface area (Å²) in [4.78, 5) is 19.9. The molecule has 81 valence electrons. The molecule has 0 aromatic carbocycles. The van der Waals surface area contributed by atoms with Crippen molar-refractivity contribution in [3.05, 3.63) is 49.6 Å². The van der Waals surface area contributed by atoms with Crippen LogP contribution in [0.25, 0.3) is 0 Å². The van der Waals surface area contributed by atoms with Crippen LogP contribution in [0.4, 0.5) is 11.6 Å². The van der Waals surface area contributed by atoms with Crippen LogP contribution < -0.4 is 9.62 Å². The lowest BCUT2D eigenvalue weighted by molar-refractivity contribution is 1.13. The fourth-order valence-corrected chi connectivity index (χ4v) is 1.50. The predicted octanol–water partition coefficient (Wildman–Crippen LogP) is 0.599. The molecule has 3 rings (SSSR count). The van der Waals surface area contributed by atoms with E-state index in [0.29, 0.717) is 0 Å². The maximum absolute atomic E-state index is 4.16. The molecule has 0 aliphatic carbocycles. The summed E-state index contributed by atoms with van der Waals surface area (Å²) in [6, 6.07) is 3.68. The van der Waals surface area contributed by atoms with Gasteiger partial charge in [-0.3, -0.25) is 0 Å². The summed E-state index contributed by atoms with van der Waals surface area (Å²) in [6.07, 6.45) is 10.3. The highest BCUT2D eigenvalue weighted by Gasteiger charge is 2.19. The Labute approximate surface area is 99.0 Å². The minimum absolute atomic E-state index is 0.813. The monoisotopic (exact) mass is 223 g/mol. The number of rotatable bonds is 2. The molecule has 0 N–H and O–H groups in total. The van der Waals surface area contributed by atoms with Crippen LogP contribution in [0.2, 0.25) is 0 Å². The van der Waals surface area contributed by atoms with Gasteiger partial charge in [0.2, 0.25) is 0 Å². The van der Waals surface area contributed by atoms with Crippen LogP contribution in [0.1, 0.15) is 0 Å². The topological polar surface area (TPSA) is 58.0 Å². The van der Waals surface area contributed by atoms with Crippen LogP contribution in [0, 0.1) is 0 Å². The van der Waals surface area contributed by atoms with Crippen molar-refractivity contribution in [2.45, 2.75) is 0 Å². The van der Waals surface area contributed by atoms with E-state index in [-0.39, 0.29) is 0 Å². The lowest BCUT2D eigenvalue weighted by atomic mass is 10.1. The number of anilines is 2. The molecule has 1 aliphatic rings. The van der Waals surface area contributed by atoms with E-state index in [2.05, 4.69) is 19.9 Å². The highest BCUT2D eigenvalue weighted by Crippen LogP contribution is 2.17. The van der Waals surface area contributed by atoms with Gasteiger partial charge in [0, 0.05) is 24.8 Å². The third-order valence-electron chi connectivity index (χ3n) is 2.30. The molecule has 0 fully saturated rings. The van der Waals surface area contributed by atoms with Crippen LogP contribution in [0.3, 0.4) is 0 Å². The first-order valence-electron chi connectivity index (χ1n) is 5.05. The Hall–Kier alpha value is -2.44. The molecule has 0 atom stereocenters. The zero-order valence-electron chi connectivity index (χ0n) is 8.88. The molecule has 0 saturated heterocycles. The van der Waals surface area contributed by atoms with E-state index in [1.807, 2.05) is 41.7 Å². The smallest absolute Gasteiger partial charge is 0.358 e. The molecule has 2 aromatic rings. The van der Waals surface area contributed by atoms with Gasteiger partial charge in [0.05, 0.1) is 0 Å². The average Bonchev–Trinajstić information content (AvgIpc) is 2.90. The molecule has 1 aliphatic heterocycles. The van der Waals surface area contributed by atoms with Crippen LogP contribution in [0.15, 0.2) is 49.6 Å². The second-order valence-electron chi connectivity index (χ2n) is 3.36. The highest BCUT2D eigenvalue weighted by molar-refractivity contribution is 6.49. The van der Waals surface area contributed by atoms with Gasteiger partial charge in [-0.25, -0.2) is 19.9 Å². The Morgan fingerprint density at radius 2 is 1.35 bits per heavy atom. The molecule has 0 amide bonds. The lowest BCUT2D eigenvalue weighted by Gasteiger charge is -2.16. The fraction of sp³-hybridized carbons (Fsp3) is 0. The van der Waals surface area contributed by atoms with Crippen molar-refractivity contribution in [1.29, 1.82) is 0 Å². The van der Waals surface area contributed by atoms with Gasteiger partial charge < -0.3 is 9.62 Å². The number of nitrogens with zero attached hydrogens (tertiary/aromatic N) is 6. The van der Waals surface area contributed by atoms with Crippen molar-refractivity contribution >= 4 is 19.2 Å². The summed E-state index contributed by atoms with van der Waals surface area (Å²) in [6.45, 7) is 0. The molecule has 17 heavy (non-hydrogen) atoms. The third-order valence-corrected chi connectivity index (χ3v) is 2.30. The van der Waals surface area contributed by atoms with Gasteiger partial charge in [-0.2, -0.15) is 0 Å². The van der Waals surface area contributed by atoms with Gasteiger partial charge in [0.1, 0.15) is 24.3 Å². The summed E-state index contributed by atoms with van der Waals surface area (Å²) in [5, 5.41) is 0. The quantitative estimate of drug-likeness (QED) is 0.694. The maximum atomic E-state index is 4.16. The number of aromatic nitrogens is 4. The number of hydrogen-bond donors (Lipinski definition) is 0. The molecule has 1 radical (unpaired) electrons. The molecule has 0 unspecified atom stereocenters. The van der Waals surface area contributed by atoms with E-state index in [9.17, 15) is 0 Å². The van der Waals surface area contributed by atoms with E-state index < -0.39 is 0 Å². The molecular weight excluding hydrogens is 215 g/mol. The maximum Gasteiger partial charge on any atom is 0.402 e. The first-order valence-corrected chi connectivity index (χ1v) is 5.05. The second kappa shape index (κ2) is 4.21. The van der Waals surface area contributed by atoms with Gasteiger partial charge in [-0.15, -0.1) is 0 Å². The standard InChI is InChI=1S/C10H8BN6/c1-3-12-7-14-9(1)16-5-6-17(11-16)10-2-4-13-8-15-10/h1-8H. The van der Waals surface area contributed by atoms with Crippen molar-refractivity contribution in [3.8, 4) is 0 Å². The van der Waals surface area contributed by atoms with Crippen LogP contribution in [0.5, 0.6) is 0 Å². The van der Waals surface area contributed by atoms with Crippen molar-refractivity contribution in [3.63, 3.8) is 0 Å². The van der Waals surface area contributed by atoms with Gasteiger partial charge >= 0.3 is 7.55 Å². The molecule has 0 bridgehead atoms. The molecule has 7 heteroatoms. The molecule has 3 heterocycles. The molecular formula is C10H8BN6. The van der Waals surface area contributed by atoms with E-state index >= 15 is 0 Å². The molecule has 2 aromatic heterocycles. The van der Waals surface area contributed by atoms with Crippen molar-refractivity contribution in [1.82, 2.24) is 19.9 Å². The Bertz CT molecular complexity index is 469. The fourth-order valence-electron chi connectivity index (χ4n) is 1.50. The second-order valence-corrected chi connectivity index (χ2v) is 3.36. The van der Waals surface area contributed by atoms with Crippen molar-refractivity contribution < 1.29 is 0 Å². The number of hydrogen-bond acceptors (Lipinski definition) is 6. The Kier molecular flexibility index (Phi) is 2.42. The van der Waals surface area contributed by atoms with Crippen LogP contribution >= 0.6 is 0 Å². The summed E-state index contributed by atoms with van der Waals surface area (Å²) in [7, 11) is 1.89. The van der Waals surface area contributed by atoms with E-state index in [0.717, 1.165) is 11.6 Å². The molecule has 6 nitrogen and oxygen atoms in total. The van der Waals surface area contributed by atoms with Crippen LogP contribution in [-0.4, -0.2) is 27.5 Å². The highest BCUT2D eigenvalue weighted by atomic mass is 15.3. The Balaban J connectivity index is 1.78. The summed E-state index contributed by atoms with van der Waals surface area (Å²) < 4.78 is 0. The third kappa shape index (κ3) is 1.94. The van der Waals surface area contributed by atoms with Gasteiger partial charge in [-0.05, 0) is 12.1 Å². The zero-order valence-corrected chi connectivity index (χ0v) is 8.88. The first kappa shape index (κ1) is 9.77. The Morgan fingerprint density at radius 1 is 0.824 bits per heavy atom. The molecule has 0 spiro atoms. The minimum atomic E-state index is 0.813. The van der Waals surface area contributed by atoms with E-state index in [4.69, 9.17) is 0 Å². The van der Waals surface area contributed by atoms with E-state index in [1.54, 1.807) is 12.4 Å². The minimum Gasteiger partial charge on any atom is -0.358 e. The van der Waals surface area contributed by atoms with Gasteiger partial charge in [0.25, 0.3) is 0 Å². The van der Waals surface area contributed by atoms with Crippen LogP contribution in [-0.2, 0) is 0 Å². The lowest BCUT2D eigenvalue weighted by Crippen LogP contribution is -2.30. The largest absolute Gasteiger partial charge is 0.402 e. The van der Waals surface area contributed by atoms with Crippen molar-refractivity contribution in [2.24, 2.45) is 0 Å².